The Balaban J connectivity index is 1.62. The maximum absolute atomic E-state index is 4.59. The lowest BCUT2D eigenvalue weighted by Gasteiger charge is -2.29. The Morgan fingerprint density at radius 2 is 1.62 bits per heavy atom. The Morgan fingerprint density at radius 3 is 2.38 bits per heavy atom. The van der Waals surface area contributed by atoms with Crippen LogP contribution in [0.25, 0.3) is 0 Å². The van der Waals surface area contributed by atoms with E-state index in [4.69, 9.17) is 0 Å². The Morgan fingerprint density at radius 1 is 0.808 bits per heavy atom. The van der Waals surface area contributed by atoms with Gasteiger partial charge in [0.05, 0.1) is 11.7 Å². The van der Waals surface area contributed by atoms with Gasteiger partial charge in [0.1, 0.15) is 0 Å². The monoisotopic (exact) mass is 343 g/mol. The second-order valence-corrected chi connectivity index (χ2v) is 6.84. The maximum Gasteiger partial charge on any atom is 0.0940 e. The normalized spacial score (nSPS) is 15.5. The molecule has 2 aromatic carbocycles. The van der Waals surface area contributed by atoms with Crippen LogP contribution in [0.15, 0.2) is 79.0 Å². The summed E-state index contributed by atoms with van der Waals surface area (Å²) in [7, 11) is 0. The second-order valence-electron chi connectivity index (χ2n) is 6.84. The molecule has 0 saturated carbocycles. The number of benzene rings is 2. The first kappa shape index (κ1) is 16.6. The lowest BCUT2D eigenvalue weighted by atomic mass is 10.0. The molecule has 132 valence electrons. The maximum atomic E-state index is 4.59. The van der Waals surface area contributed by atoms with Crippen molar-refractivity contribution in [2.24, 2.45) is 0 Å². The quantitative estimate of drug-likeness (QED) is 0.684. The minimum atomic E-state index is 0.0361. The summed E-state index contributed by atoms with van der Waals surface area (Å²) >= 11 is 0. The summed E-state index contributed by atoms with van der Waals surface area (Å²) in [6, 6.07) is 25.4. The molecule has 1 aliphatic heterocycles. The van der Waals surface area contributed by atoms with Gasteiger partial charge in [-0.25, -0.2) is 0 Å². The molecule has 26 heavy (non-hydrogen) atoms. The van der Waals surface area contributed by atoms with Gasteiger partial charge in [0.15, 0.2) is 0 Å². The molecule has 1 atom stereocenters. The molecule has 0 amide bonds. The van der Waals surface area contributed by atoms with E-state index in [9.17, 15) is 0 Å². The van der Waals surface area contributed by atoms with Crippen molar-refractivity contribution in [3.05, 3.63) is 90.3 Å². The van der Waals surface area contributed by atoms with E-state index in [0.717, 1.165) is 24.5 Å². The zero-order valence-corrected chi connectivity index (χ0v) is 15.0. The van der Waals surface area contributed by atoms with E-state index in [-0.39, 0.29) is 6.04 Å². The van der Waals surface area contributed by atoms with Crippen LogP contribution in [0.1, 0.15) is 36.6 Å². The van der Waals surface area contributed by atoms with Gasteiger partial charge in [0.2, 0.25) is 0 Å². The van der Waals surface area contributed by atoms with E-state index < -0.39 is 0 Å². The SMILES string of the molecule is c1ccc(C(Nc2cccc(N3CCCCC3)c2)c2ccccn2)cc1. The number of nitrogens with one attached hydrogen (secondary N) is 1. The zero-order valence-electron chi connectivity index (χ0n) is 15.0. The van der Waals surface area contributed by atoms with Gasteiger partial charge in [-0.1, -0.05) is 42.5 Å². The molecular weight excluding hydrogens is 318 g/mol. The molecular formula is C23H25N3. The molecule has 2 heterocycles. The summed E-state index contributed by atoms with van der Waals surface area (Å²) in [5.74, 6) is 0. The van der Waals surface area contributed by atoms with Crippen LogP contribution in [-0.2, 0) is 0 Å². The summed E-state index contributed by atoms with van der Waals surface area (Å²) in [5.41, 5.74) is 4.69. The van der Waals surface area contributed by atoms with Crippen LogP contribution in [0.3, 0.4) is 0 Å². The van der Waals surface area contributed by atoms with E-state index in [1.807, 2.05) is 18.3 Å². The fourth-order valence-corrected chi connectivity index (χ4v) is 3.63. The van der Waals surface area contributed by atoms with Crippen LogP contribution >= 0.6 is 0 Å². The predicted octanol–water partition coefficient (Wildman–Crippen LogP) is 5.27. The Kier molecular flexibility index (Phi) is 5.15. The molecule has 1 fully saturated rings. The lowest BCUT2D eigenvalue weighted by Crippen LogP contribution is -2.29. The average molecular weight is 343 g/mol. The van der Waals surface area contributed by atoms with Crippen LogP contribution in [0.5, 0.6) is 0 Å². The van der Waals surface area contributed by atoms with E-state index in [1.165, 1.54) is 30.5 Å². The molecule has 0 bridgehead atoms. The molecule has 3 aromatic rings. The van der Waals surface area contributed by atoms with E-state index in [2.05, 4.69) is 75.9 Å². The van der Waals surface area contributed by atoms with Gasteiger partial charge in [-0.15, -0.1) is 0 Å². The first-order valence-corrected chi connectivity index (χ1v) is 9.47. The van der Waals surface area contributed by atoms with Crippen molar-refractivity contribution in [2.75, 3.05) is 23.3 Å². The van der Waals surface area contributed by atoms with Crippen molar-refractivity contribution in [3.8, 4) is 0 Å². The topological polar surface area (TPSA) is 28.2 Å². The van der Waals surface area contributed by atoms with Gasteiger partial charge >= 0.3 is 0 Å². The van der Waals surface area contributed by atoms with E-state index in [0.29, 0.717) is 0 Å². The molecule has 0 radical (unpaired) electrons. The highest BCUT2D eigenvalue weighted by molar-refractivity contribution is 5.59. The zero-order chi connectivity index (χ0) is 17.6. The Hall–Kier alpha value is -2.81. The van der Waals surface area contributed by atoms with Gasteiger partial charge in [0.25, 0.3) is 0 Å². The number of rotatable bonds is 5. The van der Waals surface area contributed by atoms with Gasteiger partial charge < -0.3 is 10.2 Å². The van der Waals surface area contributed by atoms with Crippen LogP contribution in [-0.4, -0.2) is 18.1 Å². The third kappa shape index (κ3) is 3.88. The Labute approximate surface area is 155 Å². The number of nitrogens with zero attached hydrogens (tertiary/aromatic N) is 2. The third-order valence-corrected chi connectivity index (χ3v) is 4.99. The summed E-state index contributed by atoms with van der Waals surface area (Å²) in [4.78, 5) is 7.08. The number of anilines is 2. The largest absolute Gasteiger partial charge is 0.373 e. The number of aromatic nitrogens is 1. The first-order valence-electron chi connectivity index (χ1n) is 9.47. The molecule has 3 heteroatoms. The summed E-state index contributed by atoms with van der Waals surface area (Å²) in [6.45, 7) is 2.32. The number of piperidine rings is 1. The fraction of sp³-hybridized carbons (Fsp3) is 0.261. The third-order valence-electron chi connectivity index (χ3n) is 4.99. The van der Waals surface area contributed by atoms with Crippen LogP contribution in [0, 0.1) is 0 Å². The fourth-order valence-electron chi connectivity index (χ4n) is 3.63. The summed E-state index contributed by atoms with van der Waals surface area (Å²) < 4.78 is 0. The highest BCUT2D eigenvalue weighted by Crippen LogP contribution is 2.28. The van der Waals surface area contributed by atoms with Crippen molar-refractivity contribution in [2.45, 2.75) is 25.3 Å². The molecule has 1 saturated heterocycles. The van der Waals surface area contributed by atoms with Crippen molar-refractivity contribution in [3.63, 3.8) is 0 Å². The van der Waals surface area contributed by atoms with E-state index >= 15 is 0 Å². The summed E-state index contributed by atoms with van der Waals surface area (Å²) in [6.07, 6.45) is 5.79. The second kappa shape index (κ2) is 8.05. The molecule has 4 rings (SSSR count). The molecule has 3 nitrogen and oxygen atoms in total. The number of hydrogen-bond donors (Lipinski definition) is 1. The van der Waals surface area contributed by atoms with Gasteiger partial charge in [-0.2, -0.15) is 0 Å². The Bertz CT molecular complexity index is 772. The molecule has 0 spiro atoms. The molecule has 1 aromatic heterocycles. The van der Waals surface area contributed by atoms with Crippen LogP contribution in [0.4, 0.5) is 11.4 Å². The highest BCUT2D eigenvalue weighted by Gasteiger charge is 2.16. The molecule has 1 unspecified atom stereocenters. The van der Waals surface area contributed by atoms with Crippen molar-refractivity contribution in [1.29, 1.82) is 0 Å². The van der Waals surface area contributed by atoms with E-state index in [1.54, 1.807) is 0 Å². The minimum absolute atomic E-state index is 0.0361. The van der Waals surface area contributed by atoms with Gasteiger partial charge in [-0.05, 0) is 55.2 Å². The van der Waals surface area contributed by atoms with Crippen molar-refractivity contribution in [1.82, 2.24) is 4.98 Å². The molecule has 1 N–H and O–H groups in total. The highest BCUT2D eigenvalue weighted by atomic mass is 15.1. The number of pyridine rings is 1. The molecule has 0 aliphatic carbocycles. The van der Waals surface area contributed by atoms with Crippen molar-refractivity contribution < 1.29 is 0 Å². The van der Waals surface area contributed by atoms with Crippen LogP contribution in [0.2, 0.25) is 0 Å². The van der Waals surface area contributed by atoms with Crippen LogP contribution < -0.4 is 10.2 Å². The summed E-state index contributed by atoms with van der Waals surface area (Å²) in [5, 5.41) is 3.70. The minimum Gasteiger partial charge on any atom is -0.373 e. The molecule has 1 aliphatic rings. The smallest absolute Gasteiger partial charge is 0.0940 e. The number of hydrogen-bond acceptors (Lipinski definition) is 3. The van der Waals surface area contributed by atoms with Crippen molar-refractivity contribution >= 4 is 11.4 Å². The predicted molar refractivity (Wildman–Crippen MR) is 109 cm³/mol. The van der Waals surface area contributed by atoms with Gasteiger partial charge in [0, 0.05) is 30.7 Å². The lowest BCUT2D eigenvalue weighted by molar-refractivity contribution is 0.578. The standard InChI is InChI=1S/C23H25N3/c1-3-10-19(11-4-1)23(22-14-5-6-15-24-22)25-20-12-9-13-21(18-20)26-16-7-2-8-17-26/h1,3-6,9-15,18,23,25H,2,7-8,16-17H2. The first-order chi connectivity index (χ1) is 12.9. The average Bonchev–Trinajstić information content (AvgIpc) is 2.74. The van der Waals surface area contributed by atoms with Gasteiger partial charge in [-0.3, -0.25) is 4.98 Å².